The molecule has 1 atom stereocenters. The number of hydrogen-bond donors (Lipinski definition) is 2. The molecule has 1 heterocycles. The zero-order chi connectivity index (χ0) is 13.7. The van der Waals surface area contributed by atoms with Crippen LogP contribution in [0.25, 0.3) is 0 Å². The van der Waals surface area contributed by atoms with E-state index in [0.717, 1.165) is 23.9 Å². The summed E-state index contributed by atoms with van der Waals surface area (Å²) in [5.74, 6) is -0.861. The van der Waals surface area contributed by atoms with E-state index < -0.39 is 10.9 Å². The van der Waals surface area contributed by atoms with E-state index in [1.54, 1.807) is 6.92 Å². The third-order valence-corrected chi connectivity index (χ3v) is 3.38. The molecule has 0 aliphatic heterocycles. The van der Waals surface area contributed by atoms with Crippen molar-refractivity contribution in [1.82, 2.24) is 4.98 Å². The van der Waals surface area contributed by atoms with E-state index in [9.17, 15) is 14.9 Å². The number of aromatic carboxylic acids is 1. The van der Waals surface area contributed by atoms with Crippen molar-refractivity contribution in [3.05, 3.63) is 27.9 Å². The van der Waals surface area contributed by atoms with E-state index in [1.807, 2.05) is 0 Å². The van der Waals surface area contributed by atoms with Gasteiger partial charge in [0.2, 0.25) is 0 Å². The summed E-state index contributed by atoms with van der Waals surface area (Å²) in [4.78, 5) is 24.7. The van der Waals surface area contributed by atoms with Crippen molar-refractivity contribution in [1.29, 1.82) is 0 Å². The van der Waals surface area contributed by atoms with Gasteiger partial charge in [0.1, 0.15) is 5.69 Å². The molecule has 0 aliphatic rings. The van der Waals surface area contributed by atoms with Crippen LogP contribution >= 0.6 is 11.8 Å². The summed E-state index contributed by atoms with van der Waals surface area (Å²) in [6.45, 7) is 1.74. The molecule has 1 rings (SSSR count). The van der Waals surface area contributed by atoms with Gasteiger partial charge in [0.25, 0.3) is 0 Å². The molecule has 0 aromatic carbocycles. The second-order valence-electron chi connectivity index (χ2n) is 3.68. The van der Waals surface area contributed by atoms with Crippen molar-refractivity contribution >= 4 is 23.4 Å². The minimum Gasteiger partial charge on any atom is -0.477 e. The average molecular weight is 272 g/mol. The largest absolute Gasteiger partial charge is 0.477 e. The number of carboxylic acids is 1. The molecule has 0 spiro atoms. The first-order valence-corrected chi connectivity index (χ1v) is 6.06. The van der Waals surface area contributed by atoms with Crippen LogP contribution in [0.5, 0.6) is 0 Å². The monoisotopic (exact) mass is 272 g/mol. The van der Waals surface area contributed by atoms with Gasteiger partial charge in [-0.1, -0.05) is 18.7 Å². The molecule has 0 radical (unpaired) electrons. The lowest BCUT2D eigenvalue weighted by Gasteiger charge is -2.07. The summed E-state index contributed by atoms with van der Waals surface area (Å²) in [5, 5.41) is 28.5. The van der Waals surface area contributed by atoms with Gasteiger partial charge >= 0.3 is 11.7 Å². The standard InChI is InChI=1S/C10H12N2O5S/c1-6(4-13)5-18-9-8(12(16)17)3-2-7(11-9)10(14)15/h2-3,6,13H,4-5H2,1H3,(H,14,15). The lowest BCUT2D eigenvalue weighted by atomic mass is 10.2. The Bertz CT molecular complexity index is 466. The predicted octanol–water partition coefficient (Wildman–Crippen LogP) is 1.41. The van der Waals surface area contributed by atoms with E-state index in [4.69, 9.17) is 10.2 Å². The van der Waals surface area contributed by atoms with Gasteiger partial charge in [-0.05, 0) is 12.0 Å². The highest BCUT2D eigenvalue weighted by molar-refractivity contribution is 7.99. The van der Waals surface area contributed by atoms with Crippen LogP contribution in [0.15, 0.2) is 17.2 Å². The van der Waals surface area contributed by atoms with E-state index in [0.29, 0.717) is 5.75 Å². The number of hydrogen-bond acceptors (Lipinski definition) is 6. The van der Waals surface area contributed by atoms with E-state index in [1.165, 1.54) is 0 Å². The summed E-state index contributed by atoms with van der Waals surface area (Å²) in [7, 11) is 0. The summed E-state index contributed by atoms with van der Waals surface area (Å²) in [6, 6.07) is 2.22. The number of rotatable bonds is 6. The van der Waals surface area contributed by atoms with Gasteiger partial charge in [-0.25, -0.2) is 9.78 Å². The van der Waals surface area contributed by atoms with Gasteiger partial charge in [0.05, 0.1) is 4.92 Å². The number of carboxylic acid groups (broad SMARTS) is 1. The van der Waals surface area contributed by atoms with E-state index >= 15 is 0 Å². The topological polar surface area (TPSA) is 114 Å². The molecule has 0 fully saturated rings. The number of thioether (sulfide) groups is 1. The minimum atomic E-state index is -1.23. The predicted molar refractivity (Wildman–Crippen MR) is 64.8 cm³/mol. The number of carbonyl (C=O) groups is 1. The second kappa shape index (κ2) is 6.31. The fraction of sp³-hybridized carbons (Fsp3) is 0.400. The Kier molecular flexibility index (Phi) is 5.05. The number of aliphatic hydroxyl groups is 1. The van der Waals surface area contributed by atoms with Crippen LogP contribution in [0.1, 0.15) is 17.4 Å². The zero-order valence-corrected chi connectivity index (χ0v) is 10.4. The quantitative estimate of drug-likeness (QED) is 0.457. The summed E-state index contributed by atoms with van der Waals surface area (Å²) in [6.07, 6.45) is 0. The molecule has 7 nitrogen and oxygen atoms in total. The molecule has 0 saturated heterocycles. The molecule has 0 saturated carbocycles. The minimum absolute atomic E-state index is 0.0422. The van der Waals surface area contributed by atoms with Crippen LogP contribution in [-0.2, 0) is 0 Å². The third kappa shape index (κ3) is 3.67. The third-order valence-electron chi connectivity index (χ3n) is 2.07. The van der Waals surface area contributed by atoms with Gasteiger partial charge in [-0.2, -0.15) is 0 Å². The van der Waals surface area contributed by atoms with Gasteiger partial charge in [-0.15, -0.1) is 0 Å². The lowest BCUT2D eigenvalue weighted by Crippen LogP contribution is -2.06. The molecule has 1 aromatic heterocycles. The first-order chi connectivity index (χ1) is 8.45. The number of pyridine rings is 1. The molecular formula is C10H12N2O5S. The number of aliphatic hydroxyl groups excluding tert-OH is 1. The maximum Gasteiger partial charge on any atom is 0.354 e. The van der Waals surface area contributed by atoms with Crippen molar-refractivity contribution in [3.63, 3.8) is 0 Å². The zero-order valence-electron chi connectivity index (χ0n) is 9.57. The van der Waals surface area contributed by atoms with Crippen molar-refractivity contribution in [3.8, 4) is 0 Å². The molecule has 0 bridgehead atoms. The van der Waals surface area contributed by atoms with Gasteiger partial charge < -0.3 is 10.2 Å². The number of aromatic nitrogens is 1. The second-order valence-corrected chi connectivity index (χ2v) is 4.69. The molecular weight excluding hydrogens is 260 g/mol. The number of nitrogens with zero attached hydrogens (tertiary/aromatic N) is 2. The Labute approximate surface area is 107 Å². The molecule has 18 heavy (non-hydrogen) atoms. The van der Waals surface area contributed by atoms with Crippen LogP contribution in [0, 0.1) is 16.0 Å². The molecule has 8 heteroatoms. The molecule has 1 unspecified atom stereocenters. The number of nitro groups is 1. The summed E-state index contributed by atoms with van der Waals surface area (Å²) < 4.78 is 0. The summed E-state index contributed by atoms with van der Waals surface area (Å²) >= 11 is 1.06. The molecule has 98 valence electrons. The summed E-state index contributed by atoms with van der Waals surface area (Å²) in [5.41, 5.74) is -0.463. The smallest absolute Gasteiger partial charge is 0.354 e. The van der Waals surface area contributed by atoms with Gasteiger partial charge in [-0.3, -0.25) is 10.1 Å². The van der Waals surface area contributed by atoms with Crippen LogP contribution in [0.2, 0.25) is 0 Å². The highest BCUT2D eigenvalue weighted by atomic mass is 32.2. The first kappa shape index (κ1) is 14.4. The molecule has 2 N–H and O–H groups in total. The van der Waals surface area contributed by atoms with Crippen LogP contribution in [0.3, 0.4) is 0 Å². The van der Waals surface area contributed by atoms with Crippen LogP contribution < -0.4 is 0 Å². The average Bonchev–Trinajstić information content (AvgIpc) is 2.35. The fourth-order valence-electron chi connectivity index (χ4n) is 1.07. The molecule has 0 aliphatic carbocycles. The Morgan fingerprint density at radius 3 is 2.78 bits per heavy atom. The van der Waals surface area contributed by atoms with Crippen molar-refractivity contribution in [2.45, 2.75) is 11.9 Å². The normalized spacial score (nSPS) is 12.1. The highest BCUT2D eigenvalue weighted by Gasteiger charge is 2.19. The Balaban J connectivity index is 3.00. The SMILES string of the molecule is CC(CO)CSc1nc(C(=O)O)ccc1[N+](=O)[O-]. The first-order valence-electron chi connectivity index (χ1n) is 5.08. The van der Waals surface area contributed by atoms with Crippen molar-refractivity contribution in [2.24, 2.45) is 5.92 Å². The molecule has 0 amide bonds. The van der Waals surface area contributed by atoms with Gasteiger partial charge in [0, 0.05) is 18.4 Å². The lowest BCUT2D eigenvalue weighted by molar-refractivity contribution is -0.388. The maximum absolute atomic E-state index is 10.8. The van der Waals surface area contributed by atoms with Crippen molar-refractivity contribution < 1.29 is 19.9 Å². The Morgan fingerprint density at radius 2 is 2.28 bits per heavy atom. The maximum atomic E-state index is 10.8. The Morgan fingerprint density at radius 1 is 1.61 bits per heavy atom. The fourth-order valence-corrected chi connectivity index (χ4v) is 2.07. The highest BCUT2D eigenvalue weighted by Crippen LogP contribution is 2.28. The van der Waals surface area contributed by atoms with Crippen molar-refractivity contribution in [2.75, 3.05) is 12.4 Å². The van der Waals surface area contributed by atoms with Gasteiger partial charge in [0.15, 0.2) is 5.03 Å². The molecule has 1 aromatic rings. The van der Waals surface area contributed by atoms with Crippen LogP contribution in [0.4, 0.5) is 5.69 Å². The van der Waals surface area contributed by atoms with E-state index in [-0.39, 0.29) is 28.9 Å². The van der Waals surface area contributed by atoms with Crippen LogP contribution in [-0.4, -0.2) is 38.4 Å². The Hall–Kier alpha value is -1.67. The van der Waals surface area contributed by atoms with E-state index in [2.05, 4.69) is 4.98 Å².